The third-order valence-electron chi connectivity index (χ3n) is 4.10. The molecule has 2 amide bonds. The number of hydrogen-bond acceptors (Lipinski definition) is 3. The number of rotatable bonds is 0. The molecule has 2 aliphatic rings. The van der Waals surface area contributed by atoms with Gasteiger partial charge in [-0.15, -0.1) is 0 Å². The third-order valence-corrected chi connectivity index (χ3v) is 4.34. The number of ether oxygens (including phenoxy) is 1. The molecule has 22 heavy (non-hydrogen) atoms. The van der Waals surface area contributed by atoms with Crippen LogP contribution in [0.25, 0.3) is 0 Å². The molecule has 1 fully saturated rings. The molecule has 3 rings (SSSR count). The molecule has 5 nitrogen and oxygen atoms in total. The van der Waals surface area contributed by atoms with E-state index in [4.69, 9.17) is 16.3 Å². The van der Waals surface area contributed by atoms with Crippen molar-refractivity contribution in [3.8, 4) is 0 Å². The summed E-state index contributed by atoms with van der Waals surface area (Å²) in [6.07, 6.45) is 0.215. The molecule has 2 heterocycles. The Morgan fingerprint density at radius 2 is 2.14 bits per heavy atom. The van der Waals surface area contributed by atoms with E-state index in [1.807, 2.05) is 26.8 Å². The van der Waals surface area contributed by atoms with Crippen molar-refractivity contribution in [3.63, 3.8) is 0 Å². The Hall–Kier alpha value is -1.75. The van der Waals surface area contributed by atoms with Gasteiger partial charge < -0.3 is 15.0 Å². The van der Waals surface area contributed by atoms with Gasteiger partial charge in [-0.25, -0.2) is 4.79 Å². The van der Waals surface area contributed by atoms with Gasteiger partial charge in [0.15, 0.2) is 0 Å². The van der Waals surface area contributed by atoms with E-state index in [0.29, 0.717) is 24.5 Å². The second-order valence-corrected chi connectivity index (χ2v) is 7.31. The Bertz CT molecular complexity index is 653. The molecular formula is C16H19ClN2O3. The molecule has 6 heteroatoms. The monoisotopic (exact) mass is 322 g/mol. The van der Waals surface area contributed by atoms with Gasteiger partial charge in [-0.1, -0.05) is 17.7 Å². The van der Waals surface area contributed by atoms with Gasteiger partial charge in [0.2, 0.25) is 5.91 Å². The second-order valence-electron chi connectivity index (χ2n) is 6.88. The molecule has 0 aliphatic carbocycles. The summed E-state index contributed by atoms with van der Waals surface area (Å²) in [6.45, 7) is 6.33. The zero-order valence-electron chi connectivity index (χ0n) is 12.9. The number of fused-ring (bicyclic) bond motifs is 2. The maximum Gasteiger partial charge on any atom is 0.410 e. The summed E-state index contributed by atoms with van der Waals surface area (Å²) in [5.74, 6) is -0.0733. The van der Waals surface area contributed by atoms with Crippen molar-refractivity contribution in [2.45, 2.75) is 38.2 Å². The lowest BCUT2D eigenvalue weighted by Gasteiger charge is -2.26. The summed E-state index contributed by atoms with van der Waals surface area (Å²) in [5, 5.41) is 3.46. The predicted molar refractivity (Wildman–Crippen MR) is 84.2 cm³/mol. The lowest BCUT2D eigenvalue weighted by molar-refractivity contribution is -0.120. The molecular weight excluding hydrogens is 304 g/mol. The third kappa shape index (κ3) is 2.43. The van der Waals surface area contributed by atoms with Crippen LogP contribution in [0.3, 0.4) is 0 Å². The van der Waals surface area contributed by atoms with Crippen molar-refractivity contribution in [3.05, 3.63) is 28.8 Å². The van der Waals surface area contributed by atoms with E-state index in [0.717, 1.165) is 11.3 Å². The van der Waals surface area contributed by atoms with Crippen molar-refractivity contribution < 1.29 is 14.3 Å². The van der Waals surface area contributed by atoms with Gasteiger partial charge in [-0.2, -0.15) is 0 Å². The zero-order chi connectivity index (χ0) is 16.1. The van der Waals surface area contributed by atoms with Gasteiger partial charge in [0, 0.05) is 23.8 Å². The van der Waals surface area contributed by atoms with Crippen LogP contribution in [-0.2, 0) is 14.9 Å². The van der Waals surface area contributed by atoms with Crippen LogP contribution < -0.4 is 5.32 Å². The molecule has 1 aromatic carbocycles. The molecule has 1 spiro atoms. The summed E-state index contributed by atoms with van der Waals surface area (Å²) in [6, 6.07) is 5.40. The molecule has 0 radical (unpaired) electrons. The predicted octanol–water partition coefficient (Wildman–Crippen LogP) is 3.17. The smallest absolute Gasteiger partial charge is 0.410 e. The van der Waals surface area contributed by atoms with Crippen LogP contribution in [0, 0.1) is 0 Å². The summed E-state index contributed by atoms with van der Waals surface area (Å²) < 4.78 is 5.40. The number of benzene rings is 1. The van der Waals surface area contributed by atoms with Gasteiger partial charge in [-0.3, -0.25) is 4.79 Å². The number of nitrogens with one attached hydrogen (secondary N) is 1. The number of anilines is 1. The lowest BCUT2D eigenvalue weighted by atomic mass is 9.81. The van der Waals surface area contributed by atoms with Gasteiger partial charge in [0.05, 0.1) is 5.41 Å². The quantitative estimate of drug-likeness (QED) is 0.798. The fourth-order valence-corrected chi connectivity index (χ4v) is 3.27. The van der Waals surface area contributed by atoms with Gasteiger partial charge in [0.1, 0.15) is 5.60 Å². The molecule has 118 valence electrons. The van der Waals surface area contributed by atoms with Crippen molar-refractivity contribution in [2.75, 3.05) is 18.4 Å². The van der Waals surface area contributed by atoms with Crippen LogP contribution in [0.1, 0.15) is 32.8 Å². The van der Waals surface area contributed by atoms with Crippen molar-refractivity contribution >= 4 is 29.3 Å². The van der Waals surface area contributed by atoms with Crippen LogP contribution in [0.15, 0.2) is 18.2 Å². The van der Waals surface area contributed by atoms with E-state index in [2.05, 4.69) is 5.32 Å². The van der Waals surface area contributed by atoms with Crippen LogP contribution in [0.4, 0.5) is 10.5 Å². The molecule has 0 aromatic heterocycles. The first kappa shape index (κ1) is 15.2. The van der Waals surface area contributed by atoms with Crippen LogP contribution in [0.2, 0.25) is 5.02 Å². The molecule has 0 bridgehead atoms. The molecule has 0 saturated carbocycles. The maximum atomic E-state index is 12.5. The van der Waals surface area contributed by atoms with Crippen molar-refractivity contribution in [1.82, 2.24) is 4.90 Å². The SMILES string of the molecule is CC(C)(C)OC(=O)N1CCC2(C1)C(=O)Nc1cc(Cl)ccc12. The first-order valence-corrected chi connectivity index (χ1v) is 7.68. The number of halogens is 1. The molecule has 1 unspecified atom stereocenters. The maximum absolute atomic E-state index is 12.5. The van der Waals surface area contributed by atoms with Crippen LogP contribution >= 0.6 is 11.6 Å². The average Bonchev–Trinajstić information content (AvgIpc) is 2.92. The Balaban J connectivity index is 1.85. The summed E-state index contributed by atoms with van der Waals surface area (Å²) in [5.41, 5.74) is 0.420. The highest BCUT2D eigenvalue weighted by Gasteiger charge is 2.52. The number of hydrogen-bond donors (Lipinski definition) is 1. The van der Waals surface area contributed by atoms with Crippen LogP contribution in [0.5, 0.6) is 0 Å². The first-order chi connectivity index (χ1) is 10.2. The average molecular weight is 323 g/mol. The van der Waals surface area contributed by atoms with Gasteiger partial charge in [0.25, 0.3) is 0 Å². The van der Waals surface area contributed by atoms with Crippen molar-refractivity contribution in [1.29, 1.82) is 0 Å². The van der Waals surface area contributed by atoms with E-state index >= 15 is 0 Å². The normalized spacial score (nSPS) is 23.6. The van der Waals surface area contributed by atoms with E-state index in [1.165, 1.54) is 0 Å². The highest BCUT2D eigenvalue weighted by Crippen LogP contribution is 2.45. The van der Waals surface area contributed by atoms with Crippen LogP contribution in [-0.4, -0.2) is 35.6 Å². The van der Waals surface area contributed by atoms with Gasteiger partial charge >= 0.3 is 6.09 Å². The Morgan fingerprint density at radius 1 is 1.41 bits per heavy atom. The fraction of sp³-hybridized carbons (Fsp3) is 0.500. The number of nitrogens with zero attached hydrogens (tertiary/aromatic N) is 1. The van der Waals surface area contributed by atoms with E-state index in [9.17, 15) is 9.59 Å². The second kappa shape index (κ2) is 4.88. The van der Waals surface area contributed by atoms with Gasteiger partial charge in [-0.05, 0) is 44.9 Å². The fourth-order valence-electron chi connectivity index (χ4n) is 3.10. The minimum absolute atomic E-state index is 0.0733. The summed E-state index contributed by atoms with van der Waals surface area (Å²) in [4.78, 5) is 26.3. The Labute approximate surface area is 134 Å². The zero-order valence-corrected chi connectivity index (χ0v) is 13.7. The molecule has 1 atom stereocenters. The van der Waals surface area contributed by atoms with Crippen molar-refractivity contribution in [2.24, 2.45) is 0 Å². The first-order valence-electron chi connectivity index (χ1n) is 7.31. The number of carbonyl (C=O) groups excluding carboxylic acids is 2. The van der Waals surface area contributed by atoms with E-state index in [-0.39, 0.29) is 12.0 Å². The number of carbonyl (C=O) groups is 2. The molecule has 1 N–H and O–H groups in total. The molecule has 1 saturated heterocycles. The van der Waals surface area contributed by atoms with E-state index < -0.39 is 11.0 Å². The highest BCUT2D eigenvalue weighted by molar-refractivity contribution is 6.31. The lowest BCUT2D eigenvalue weighted by Crippen LogP contribution is -2.41. The molecule has 1 aromatic rings. The highest BCUT2D eigenvalue weighted by atomic mass is 35.5. The topological polar surface area (TPSA) is 58.6 Å². The minimum atomic E-state index is -0.684. The number of amides is 2. The largest absolute Gasteiger partial charge is 0.444 e. The summed E-state index contributed by atoms with van der Waals surface area (Å²) in [7, 11) is 0. The summed E-state index contributed by atoms with van der Waals surface area (Å²) >= 11 is 5.98. The number of likely N-dealkylation sites (tertiary alicyclic amines) is 1. The Kier molecular flexibility index (Phi) is 3.36. The standard InChI is InChI=1S/C16H19ClN2O3/c1-15(2,3)22-14(21)19-7-6-16(9-19)11-5-4-10(17)8-12(11)18-13(16)20/h4-5,8H,6-7,9H2,1-3H3,(H,18,20). The molecule has 2 aliphatic heterocycles. The Morgan fingerprint density at radius 3 is 2.82 bits per heavy atom. The van der Waals surface area contributed by atoms with E-state index in [1.54, 1.807) is 17.0 Å². The minimum Gasteiger partial charge on any atom is -0.444 e.